The number of carboxylic acid groups (broad SMARTS) is 1. The standard InChI is InChI=1S/C11H17NO2S/c1-4-9(11(13)14)12-8(3)10-6-5-7(2)15-10/h5-6,8-9,12H,4H2,1-3H3,(H,13,14). The maximum Gasteiger partial charge on any atom is 0.320 e. The molecule has 3 nitrogen and oxygen atoms in total. The number of carboxylic acids is 1. The molecule has 0 bridgehead atoms. The van der Waals surface area contributed by atoms with Crippen LogP contribution in [0.3, 0.4) is 0 Å². The zero-order valence-electron chi connectivity index (χ0n) is 9.28. The van der Waals surface area contributed by atoms with E-state index in [0.29, 0.717) is 6.42 Å². The first kappa shape index (κ1) is 12.2. The third kappa shape index (κ3) is 3.32. The Kier molecular flexibility index (Phi) is 4.29. The SMILES string of the molecule is CCC(NC(C)c1ccc(C)s1)C(=O)O. The lowest BCUT2D eigenvalue weighted by atomic mass is 10.2. The molecule has 0 aromatic carbocycles. The van der Waals surface area contributed by atoms with Crippen molar-refractivity contribution in [2.75, 3.05) is 0 Å². The van der Waals surface area contributed by atoms with E-state index in [1.165, 1.54) is 9.75 Å². The van der Waals surface area contributed by atoms with Crippen molar-refractivity contribution in [2.24, 2.45) is 0 Å². The van der Waals surface area contributed by atoms with Crippen LogP contribution in [0.15, 0.2) is 12.1 Å². The molecule has 4 heteroatoms. The molecule has 1 aromatic rings. The molecule has 2 unspecified atom stereocenters. The van der Waals surface area contributed by atoms with Gasteiger partial charge < -0.3 is 5.11 Å². The molecule has 0 aliphatic heterocycles. The highest BCUT2D eigenvalue weighted by atomic mass is 32.1. The van der Waals surface area contributed by atoms with Crippen LogP contribution in [0.4, 0.5) is 0 Å². The molecule has 0 fully saturated rings. The van der Waals surface area contributed by atoms with Crippen molar-refractivity contribution in [2.45, 2.75) is 39.3 Å². The van der Waals surface area contributed by atoms with E-state index in [9.17, 15) is 4.79 Å². The third-order valence-electron chi connectivity index (χ3n) is 2.35. The predicted octanol–water partition coefficient (Wildman–Crippen LogP) is 2.57. The largest absolute Gasteiger partial charge is 0.480 e. The van der Waals surface area contributed by atoms with Gasteiger partial charge in [0.1, 0.15) is 6.04 Å². The van der Waals surface area contributed by atoms with Gasteiger partial charge in [-0.1, -0.05) is 6.92 Å². The van der Waals surface area contributed by atoms with Gasteiger partial charge in [0, 0.05) is 15.8 Å². The molecule has 0 amide bonds. The van der Waals surface area contributed by atoms with E-state index in [1.54, 1.807) is 11.3 Å². The Morgan fingerprint density at radius 3 is 2.67 bits per heavy atom. The van der Waals surface area contributed by atoms with Crippen LogP contribution in [0.5, 0.6) is 0 Å². The van der Waals surface area contributed by atoms with E-state index >= 15 is 0 Å². The lowest BCUT2D eigenvalue weighted by molar-refractivity contribution is -0.139. The summed E-state index contributed by atoms with van der Waals surface area (Å²) in [6.07, 6.45) is 0.601. The maximum absolute atomic E-state index is 10.8. The van der Waals surface area contributed by atoms with Crippen molar-refractivity contribution in [3.63, 3.8) is 0 Å². The van der Waals surface area contributed by atoms with Crippen molar-refractivity contribution < 1.29 is 9.90 Å². The number of thiophene rings is 1. The molecular formula is C11H17NO2S. The molecule has 15 heavy (non-hydrogen) atoms. The highest BCUT2D eigenvalue weighted by Crippen LogP contribution is 2.22. The average molecular weight is 227 g/mol. The van der Waals surface area contributed by atoms with Gasteiger partial charge in [-0.2, -0.15) is 0 Å². The van der Waals surface area contributed by atoms with Gasteiger partial charge in [-0.3, -0.25) is 10.1 Å². The number of carbonyl (C=O) groups is 1. The molecule has 1 rings (SSSR count). The summed E-state index contributed by atoms with van der Waals surface area (Å²) < 4.78 is 0. The second-order valence-electron chi connectivity index (χ2n) is 3.64. The maximum atomic E-state index is 10.8. The van der Waals surface area contributed by atoms with Crippen LogP contribution < -0.4 is 5.32 Å². The van der Waals surface area contributed by atoms with E-state index in [1.807, 2.05) is 19.9 Å². The van der Waals surface area contributed by atoms with Gasteiger partial charge in [0.15, 0.2) is 0 Å². The number of hydrogen-bond donors (Lipinski definition) is 2. The second kappa shape index (κ2) is 5.28. The van der Waals surface area contributed by atoms with E-state index in [-0.39, 0.29) is 6.04 Å². The van der Waals surface area contributed by atoms with Crippen LogP contribution >= 0.6 is 11.3 Å². The molecule has 1 aromatic heterocycles. The van der Waals surface area contributed by atoms with E-state index in [2.05, 4.69) is 18.3 Å². The first-order valence-electron chi connectivity index (χ1n) is 5.09. The summed E-state index contributed by atoms with van der Waals surface area (Å²) in [5.74, 6) is -0.780. The Balaban J connectivity index is 2.62. The Bertz CT molecular complexity index is 335. The summed E-state index contributed by atoms with van der Waals surface area (Å²) in [4.78, 5) is 13.3. The molecule has 1 heterocycles. The van der Waals surface area contributed by atoms with Gasteiger partial charge in [-0.05, 0) is 32.4 Å². The topological polar surface area (TPSA) is 49.3 Å². The minimum absolute atomic E-state index is 0.102. The third-order valence-corrected chi connectivity index (χ3v) is 3.53. The van der Waals surface area contributed by atoms with Crippen LogP contribution in [0.2, 0.25) is 0 Å². The van der Waals surface area contributed by atoms with Crippen LogP contribution in [-0.2, 0) is 4.79 Å². The van der Waals surface area contributed by atoms with Crippen molar-refractivity contribution in [3.05, 3.63) is 21.9 Å². The average Bonchev–Trinajstić information content (AvgIpc) is 2.60. The summed E-state index contributed by atoms with van der Waals surface area (Å²) >= 11 is 1.70. The molecule has 2 N–H and O–H groups in total. The van der Waals surface area contributed by atoms with Gasteiger partial charge in [-0.25, -0.2) is 0 Å². The molecule has 0 aliphatic carbocycles. The first-order valence-corrected chi connectivity index (χ1v) is 5.91. The van der Waals surface area contributed by atoms with Crippen LogP contribution in [-0.4, -0.2) is 17.1 Å². The monoisotopic (exact) mass is 227 g/mol. The Morgan fingerprint density at radius 2 is 2.27 bits per heavy atom. The van der Waals surface area contributed by atoms with Gasteiger partial charge in [0.25, 0.3) is 0 Å². The van der Waals surface area contributed by atoms with Gasteiger partial charge in [-0.15, -0.1) is 11.3 Å². The fourth-order valence-electron chi connectivity index (χ4n) is 1.43. The fraction of sp³-hybridized carbons (Fsp3) is 0.545. The number of hydrogen-bond acceptors (Lipinski definition) is 3. The highest BCUT2D eigenvalue weighted by molar-refractivity contribution is 7.12. The molecule has 0 saturated carbocycles. The minimum atomic E-state index is -0.780. The summed E-state index contributed by atoms with van der Waals surface area (Å²) in [5.41, 5.74) is 0. The zero-order chi connectivity index (χ0) is 11.4. The molecule has 0 saturated heterocycles. The van der Waals surface area contributed by atoms with Crippen LogP contribution in [0.25, 0.3) is 0 Å². The van der Waals surface area contributed by atoms with E-state index in [4.69, 9.17) is 5.11 Å². The van der Waals surface area contributed by atoms with Crippen LogP contribution in [0, 0.1) is 6.92 Å². The molecule has 0 aliphatic rings. The Morgan fingerprint density at radius 1 is 1.60 bits per heavy atom. The quantitative estimate of drug-likeness (QED) is 0.812. The Hall–Kier alpha value is -0.870. The molecule has 0 radical (unpaired) electrons. The summed E-state index contributed by atoms with van der Waals surface area (Å²) in [6, 6.07) is 3.75. The first-order chi connectivity index (χ1) is 7.04. The lowest BCUT2D eigenvalue weighted by Gasteiger charge is -2.17. The summed E-state index contributed by atoms with van der Waals surface area (Å²) in [5, 5.41) is 12.0. The van der Waals surface area contributed by atoms with Crippen LogP contribution in [0.1, 0.15) is 36.1 Å². The minimum Gasteiger partial charge on any atom is -0.480 e. The van der Waals surface area contributed by atoms with Gasteiger partial charge >= 0.3 is 5.97 Å². The number of rotatable bonds is 5. The van der Waals surface area contributed by atoms with E-state index in [0.717, 1.165) is 0 Å². The molecule has 0 spiro atoms. The van der Waals surface area contributed by atoms with Gasteiger partial charge in [0.2, 0.25) is 0 Å². The predicted molar refractivity (Wildman–Crippen MR) is 62.3 cm³/mol. The molecular weight excluding hydrogens is 210 g/mol. The van der Waals surface area contributed by atoms with Crippen molar-refractivity contribution in [1.82, 2.24) is 5.32 Å². The Labute approximate surface area is 94.1 Å². The van der Waals surface area contributed by atoms with Crippen molar-refractivity contribution >= 4 is 17.3 Å². The number of nitrogens with one attached hydrogen (secondary N) is 1. The lowest BCUT2D eigenvalue weighted by Crippen LogP contribution is -2.37. The second-order valence-corrected chi connectivity index (χ2v) is 4.96. The fourth-order valence-corrected chi connectivity index (χ4v) is 2.32. The summed E-state index contributed by atoms with van der Waals surface area (Å²) in [7, 11) is 0. The number of aryl methyl sites for hydroxylation is 1. The van der Waals surface area contributed by atoms with E-state index < -0.39 is 12.0 Å². The normalized spacial score (nSPS) is 14.9. The number of aliphatic carboxylic acids is 1. The summed E-state index contributed by atoms with van der Waals surface area (Å²) in [6.45, 7) is 5.92. The van der Waals surface area contributed by atoms with Crippen molar-refractivity contribution in [3.8, 4) is 0 Å². The van der Waals surface area contributed by atoms with Crippen molar-refractivity contribution in [1.29, 1.82) is 0 Å². The zero-order valence-corrected chi connectivity index (χ0v) is 10.1. The molecule has 2 atom stereocenters. The highest BCUT2D eigenvalue weighted by Gasteiger charge is 2.18. The van der Waals surface area contributed by atoms with Gasteiger partial charge in [0.05, 0.1) is 0 Å². The smallest absolute Gasteiger partial charge is 0.320 e. The molecule has 84 valence electrons.